The maximum absolute atomic E-state index is 6.55. The fourth-order valence-electron chi connectivity index (χ4n) is 3.69. The maximum atomic E-state index is 6.55. The van der Waals surface area contributed by atoms with Gasteiger partial charge in [-0.2, -0.15) is 0 Å². The van der Waals surface area contributed by atoms with Crippen molar-refractivity contribution in [1.82, 2.24) is 0 Å². The molecule has 4 atom stereocenters. The monoisotopic (exact) mass is 272 g/mol. The zero-order valence-corrected chi connectivity index (χ0v) is 13.2. The highest BCUT2D eigenvalue weighted by molar-refractivity contribution is 6.20. The van der Waals surface area contributed by atoms with Crippen LogP contribution < -0.4 is 0 Å². The normalized spacial score (nSPS) is 40.3. The van der Waals surface area contributed by atoms with Crippen LogP contribution in [0.25, 0.3) is 0 Å². The van der Waals surface area contributed by atoms with E-state index in [9.17, 15) is 0 Å². The molecular weight excluding hydrogens is 244 g/mol. The standard InChI is InChI=1S/C16H29ClO/c1-11(2)12-5-6-15(17)13(9-12)10-14-7-8-16(3,4)18-14/h11-15H,5-10H2,1-4H3. The summed E-state index contributed by atoms with van der Waals surface area (Å²) < 4.78 is 6.14. The van der Waals surface area contributed by atoms with E-state index in [1.54, 1.807) is 0 Å². The summed E-state index contributed by atoms with van der Waals surface area (Å²) in [6.45, 7) is 9.13. The molecule has 1 saturated heterocycles. The van der Waals surface area contributed by atoms with Crippen molar-refractivity contribution in [1.29, 1.82) is 0 Å². The van der Waals surface area contributed by atoms with E-state index in [0.29, 0.717) is 17.4 Å². The average molecular weight is 273 g/mol. The highest BCUT2D eigenvalue weighted by Crippen LogP contribution is 2.41. The Morgan fingerprint density at radius 3 is 2.50 bits per heavy atom. The van der Waals surface area contributed by atoms with Crippen molar-refractivity contribution >= 4 is 11.6 Å². The van der Waals surface area contributed by atoms with Crippen molar-refractivity contribution in [3.8, 4) is 0 Å². The van der Waals surface area contributed by atoms with E-state index in [1.807, 2.05) is 0 Å². The Labute approximate surface area is 118 Å². The highest BCUT2D eigenvalue weighted by Gasteiger charge is 2.37. The van der Waals surface area contributed by atoms with Crippen LogP contribution in [0.4, 0.5) is 0 Å². The van der Waals surface area contributed by atoms with Crippen molar-refractivity contribution in [3.05, 3.63) is 0 Å². The predicted molar refractivity (Wildman–Crippen MR) is 78.1 cm³/mol. The fourth-order valence-corrected chi connectivity index (χ4v) is 4.03. The molecule has 0 aromatic heterocycles. The van der Waals surface area contributed by atoms with E-state index in [0.717, 1.165) is 11.8 Å². The van der Waals surface area contributed by atoms with Crippen molar-refractivity contribution < 1.29 is 4.74 Å². The topological polar surface area (TPSA) is 9.23 Å². The Balaban J connectivity index is 1.87. The van der Waals surface area contributed by atoms with Crippen molar-refractivity contribution in [3.63, 3.8) is 0 Å². The Morgan fingerprint density at radius 1 is 1.22 bits per heavy atom. The second-order valence-corrected chi connectivity index (χ2v) is 7.93. The lowest BCUT2D eigenvalue weighted by Gasteiger charge is -2.36. The lowest BCUT2D eigenvalue weighted by Crippen LogP contribution is -2.31. The highest BCUT2D eigenvalue weighted by atomic mass is 35.5. The van der Waals surface area contributed by atoms with Gasteiger partial charge in [0.25, 0.3) is 0 Å². The molecule has 4 unspecified atom stereocenters. The molecule has 0 radical (unpaired) electrons. The number of alkyl halides is 1. The summed E-state index contributed by atoms with van der Waals surface area (Å²) in [5, 5.41) is 0.382. The maximum Gasteiger partial charge on any atom is 0.0631 e. The number of hydrogen-bond acceptors (Lipinski definition) is 1. The van der Waals surface area contributed by atoms with Crippen LogP contribution in [0.2, 0.25) is 0 Å². The fraction of sp³-hybridized carbons (Fsp3) is 1.00. The third kappa shape index (κ3) is 3.63. The third-order valence-corrected chi connectivity index (χ3v) is 5.57. The number of ether oxygens (including phenoxy) is 1. The van der Waals surface area contributed by atoms with Gasteiger partial charge in [0, 0.05) is 5.38 Å². The molecule has 1 aliphatic heterocycles. The first-order chi connectivity index (χ1) is 8.37. The van der Waals surface area contributed by atoms with Gasteiger partial charge in [0.1, 0.15) is 0 Å². The first-order valence-corrected chi connectivity index (χ1v) is 8.13. The van der Waals surface area contributed by atoms with Gasteiger partial charge >= 0.3 is 0 Å². The molecule has 1 heterocycles. The van der Waals surface area contributed by atoms with Gasteiger partial charge in [-0.25, -0.2) is 0 Å². The Morgan fingerprint density at radius 2 is 1.94 bits per heavy atom. The number of halogens is 1. The lowest BCUT2D eigenvalue weighted by atomic mass is 9.74. The largest absolute Gasteiger partial charge is 0.372 e. The second kappa shape index (κ2) is 5.71. The van der Waals surface area contributed by atoms with E-state index in [1.165, 1.54) is 38.5 Å². The molecule has 2 heteroatoms. The molecule has 0 aromatic carbocycles. The summed E-state index contributed by atoms with van der Waals surface area (Å²) in [4.78, 5) is 0. The molecule has 2 aliphatic rings. The van der Waals surface area contributed by atoms with E-state index in [2.05, 4.69) is 27.7 Å². The molecule has 2 fully saturated rings. The van der Waals surface area contributed by atoms with E-state index in [4.69, 9.17) is 16.3 Å². The molecule has 0 aromatic rings. The molecule has 0 bridgehead atoms. The lowest BCUT2D eigenvalue weighted by molar-refractivity contribution is -0.0281. The molecule has 1 aliphatic carbocycles. The van der Waals surface area contributed by atoms with Crippen LogP contribution in [-0.2, 0) is 4.74 Å². The van der Waals surface area contributed by atoms with Crippen LogP contribution in [0.1, 0.15) is 66.2 Å². The first-order valence-electron chi connectivity index (χ1n) is 7.69. The van der Waals surface area contributed by atoms with Gasteiger partial charge in [-0.1, -0.05) is 13.8 Å². The van der Waals surface area contributed by atoms with Crippen LogP contribution in [0.15, 0.2) is 0 Å². The van der Waals surface area contributed by atoms with Crippen molar-refractivity contribution in [2.24, 2.45) is 17.8 Å². The molecule has 0 amide bonds. The summed E-state index contributed by atoms with van der Waals surface area (Å²) >= 11 is 6.55. The Kier molecular flexibility index (Phi) is 4.65. The van der Waals surface area contributed by atoms with Crippen molar-refractivity contribution in [2.45, 2.75) is 83.3 Å². The predicted octanol–water partition coefficient (Wildman–Crippen LogP) is 5.01. The van der Waals surface area contributed by atoms with Gasteiger partial charge in [-0.15, -0.1) is 11.6 Å². The van der Waals surface area contributed by atoms with E-state index < -0.39 is 0 Å². The number of rotatable bonds is 3. The minimum atomic E-state index is 0.0958. The molecule has 106 valence electrons. The summed E-state index contributed by atoms with van der Waals surface area (Å²) in [6.07, 6.45) is 7.89. The molecule has 1 saturated carbocycles. The quantitative estimate of drug-likeness (QED) is 0.656. The zero-order chi connectivity index (χ0) is 13.3. The van der Waals surface area contributed by atoms with Gasteiger partial charge in [0.2, 0.25) is 0 Å². The SMILES string of the molecule is CC(C)C1CCC(Cl)C(CC2CCC(C)(C)O2)C1. The van der Waals surface area contributed by atoms with Crippen LogP contribution in [-0.4, -0.2) is 17.1 Å². The third-order valence-electron chi connectivity index (χ3n) is 4.99. The Bertz CT molecular complexity index is 274. The Hall–Kier alpha value is 0.250. The van der Waals surface area contributed by atoms with Crippen LogP contribution in [0, 0.1) is 17.8 Å². The smallest absolute Gasteiger partial charge is 0.0631 e. The molecule has 18 heavy (non-hydrogen) atoms. The van der Waals surface area contributed by atoms with Gasteiger partial charge in [0.15, 0.2) is 0 Å². The summed E-state index contributed by atoms with van der Waals surface area (Å²) in [7, 11) is 0. The molecule has 2 rings (SSSR count). The first kappa shape index (κ1) is 14.7. The molecule has 0 N–H and O–H groups in total. The summed E-state index contributed by atoms with van der Waals surface area (Å²) in [5.74, 6) is 2.35. The number of hydrogen-bond donors (Lipinski definition) is 0. The van der Waals surface area contributed by atoms with Gasteiger partial charge < -0.3 is 4.74 Å². The van der Waals surface area contributed by atoms with Crippen LogP contribution in [0.3, 0.4) is 0 Å². The van der Waals surface area contributed by atoms with Crippen LogP contribution in [0.5, 0.6) is 0 Å². The van der Waals surface area contributed by atoms with Gasteiger partial charge in [-0.3, -0.25) is 0 Å². The van der Waals surface area contributed by atoms with E-state index in [-0.39, 0.29) is 5.60 Å². The summed E-state index contributed by atoms with van der Waals surface area (Å²) in [5.41, 5.74) is 0.0958. The molecule has 1 nitrogen and oxygen atoms in total. The minimum Gasteiger partial charge on any atom is -0.372 e. The zero-order valence-electron chi connectivity index (χ0n) is 12.4. The second-order valence-electron chi connectivity index (χ2n) is 7.37. The molecule has 0 spiro atoms. The van der Waals surface area contributed by atoms with Crippen molar-refractivity contribution in [2.75, 3.05) is 0 Å². The summed E-state index contributed by atoms with van der Waals surface area (Å²) in [6, 6.07) is 0. The van der Waals surface area contributed by atoms with Gasteiger partial charge in [0.05, 0.1) is 11.7 Å². The van der Waals surface area contributed by atoms with E-state index >= 15 is 0 Å². The average Bonchev–Trinajstić information content (AvgIpc) is 2.61. The van der Waals surface area contributed by atoms with Gasteiger partial charge in [-0.05, 0) is 70.1 Å². The van der Waals surface area contributed by atoms with Crippen LogP contribution >= 0.6 is 11.6 Å². The molecular formula is C16H29ClO. The minimum absolute atomic E-state index is 0.0958.